The van der Waals surface area contributed by atoms with Crippen LogP contribution >= 0.6 is 0 Å². The number of hydrogen-bond acceptors (Lipinski definition) is 2. The van der Waals surface area contributed by atoms with Crippen molar-refractivity contribution in [2.75, 3.05) is 5.32 Å². The summed E-state index contributed by atoms with van der Waals surface area (Å²) in [6, 6.07) is 6.80. The third kappa shape index (κ3) is 2.84. The third-order valence-corrected chi connectivity index (χ3v) is 2.71. The lowest BCUT2D eigenvalue weighted by Crippen LogP contribution is -2.09. The minimum absolute atomic E-state index is 0.106. The predicted octanol–water partition coefficient (Wildman–Crippen LogP) is 3.12. The molecule has 0 fully saturated rings. The first-order valence-electron chi connectivity index (χ1n) is 5.69. The van der Waals surface area contributed by atoms with Crippen molar-refractivity contribution in [1.29, 1.82) is 0 Å². The first-order valence-corrected chi connectivity index (χ1v) is 5.69. The van der Waals surface area contributed by atoms with E-state index in [-0.39, 0.29) is 11.9 Å². The van der Waals surface area contributed by atoms with Crippen LogP contribution in [0.25, 0.3) is 0 Å². The molecule has 4 heteroatoms. The van der Waals surface area contributed by atoms with Crippen molar-refractivity contribution < 1.29 is 4.39 Å². The van der Waals surface area contributed by atoms with Crippen molar-refractivity contribution in [2.24, 2.45) is 7.05 Å². The quantitative estimate of drug-likeness (QED) is 0.879. The Hall–Kier alpha value is -1.84. The van der Waals surface area contributed by atoms with Crippen LogP contribution in [0.4, 0.5) is 10.1 Å². The molecule has 0 amide bonds. The second-order valence-electron chi connectivity index (χ2n) is 4.06. The Balaban J connectivity index is 2.16. The lowest BCUT2D eigenvalue weighted by Gasteiger charge is -2.17. The fourth-order valence-electron chi connectivity index (χ4n) is 1.84. The molecular formula is C13H16FN3. The lowest BCUT2D eigenvalue weighted by atomic mass is 10.0. The van der Waals surface area contributed by atoms with Crippen LogP contribution in [0.3, 0.4) is 0 Å². The van der Waals surface area contributed by atoms with Gasteiger partial charge >= 0.3 is 0 Å². The Labute approximate surface area is 100 Å². The molecule has 0 aliphatic rings. The van der Waals surface area contributed by atoms with Gasteiger partial charge in [0.25, 0.3) is 0 Å². The highest BCUT2D eigenvalue weighted by Crippen LogP contribution is 2.22. The molecule has 1 heterocycles. The average molecular weight is 233 g/mol. The highest BCUT2D eigenvalue weighted by atomic mass is 19.1. The Kier molecular flexibility index (Phi) is 3.42. The summed E-state index contributed by atoms with van der Waals surface area (Å²) in [5, 5.41) is 7.44. The molecule has 2 rings (SSSR count). The zero-order valence-corrected chi connectivity index (χ0v) is 10.0. The number of aryl methyl sites for hydroxylation is 1. The Bertz CT molecular complexity index is 493. The lowest BCUT2D eigenvalue weighted by molar-refractivity contribution is 0.621. The number of nitrogens with one attached hydrogen (secondary N) is 1. The van der Waals surface area contributed by atoms with E-state index in [4.69, 9.17) is 0 Å². The van der Waals surface area contributed by atoms with Gasteiger partial charge in [0.15, 0.2) is 0 Å². The zero-order chi connectivity index (χ0) is 12.3. The standard InChI is InChI=1S/C13H16FN3/c1-3-13(10-5-4-6-11(14)7-10)16-12-8-15-17(2)9-12/h4-9,13,16H,3H2,1-2H3. The Morgan fingerprint density at radius 3 is 2.88 bits per heavy atom. The molecule has 0 aliphatic carbocycles. The minimum atomic E-state index is -0.200. The molecule has 90 valence electrons. The summed E-state index contributed by atoms with van der Waals surface area (Å²) in [5.41, 5.74) is 1.90. The summed E-state index contributed by atoms with van der Waals surface area (Å²) in [5.74, 6) is -0.200. The van der Waals surface area contributed by atoms with Crippen LogP contribution in [-0.2, 0) is 7.05 Å². The molecule has 0 saturated carbocycles. The van der Waals surface area contributed by atoms with Gasteiger partial charge in [-0.25, -0.2) is 4.39 Å². The summed E-state index contributed by atoms with van der Waals surface area (Å²) in [7, 11) is 1.87. The normalized spacial score (nSPS) is 12.4. The molecule has 0 spiro atoms. The smallest absolute Gasteiger partial charge is 0.123 e. The second-order valence-corrected chi connectivity index (χ2v) is 4.06. The first kappa shape index (κ1) is 11.6. The van der Waals surface area contributed by atoms with E-state index < -0.39 is 0 Å². The fourth-order valence-corrected chi connectivity index (χ4v) is 1.84. The van der Waals surface area contributed by atoms with Crippen LogP contribution in [-0.4, -0.2) is 9.78 Å². The maximum Gasteiger partial charge on any atom is 0.123 e. The predicted molar refractivity (Wildman–Crippen MR) is 66.3 cm³/mol. The molecule has 1 atom stereocenters. The van der Waals surface area contributed by atoms with Gasteiger partial charge in [-0.2, -0.15) is 5.10 Å². The SMILES string of the molecule is CCC(Nc1cnn(C)c1)c1cccc(F)c1. The van der Waals surface area contributed by atoms with Gasteiger partial charge < -0.3 is 5.32 Å². The van der Waals surface area contributed by atoms with Crippen molar-refractivity contribution >= 4 is 5.69 Å². The van der Waals surface area contributed by atoms with E-state index in [1.165, 1.54) is 6.07 Å². The largest absolute Gasteiger partial charge is 0.376 e. The number of hydrogen-bond donors (Lipinski definition) is 1. The summed E-state index contributed by atoms with van der Waals surface area (Å²) < 4.78 is 14.9. The number of nitrogens with zero attached hydrogens (tertiary/aromatic N) is 2. The highest BCUT2D eigenvalue weighted by molar-refractivity contribution is 5.41. The van der Waals surface area contributed by atoms with Gasteiger partial charge in [-0.3, -0.25) is 4.68 Å². The highest BCUT2D eigenvalue weighted by Gasteiger charge is 2.10. The van der Waals surface area contributed by atoms with Crippen LogP contribution in [0.2, 0.25) is 0 Å². The van der Waals surface area contributed by atoms with Gasteiger partial charge in [0.2, 0.25) is 0 Å². The summed E-state index contributed by atoms with van der Waals surface area (Å²) in [4.78, 5) is 0. The van der Waals surface area contributed by atoms with E-state index in [1.54, 1.807) is 23.0 Å². The van der Waals surface area contributed by atoms with Gasteiger partial charge in [-0.05, 0) is 24.1 Å². The third-order valence-electron chi connectivity index (χ3n) is 2.71. The topological polar surface area (TPSA) is 29.9 Å². The van der Waals surface area contributed by atoms with Crippen LogP contribution in [0.15, 0.2) is 36.7 Å². The molecule has 0 radical (unpaired) electrons. The van der Waals surface area contributed by atoms with Crippen molar-refractivity contribution in [3.05, 3.63) is 48.0 Å². The molecule has 3 nitrogen and oxygen atoms in total. The maximum atomic E-state index is 13.2. The number of anilines is 1. The minimum Gasteiger partial charge on any atom is -0.376 e. The molecule has 0 bridgehead atoms. The van der Waals surface area contributed by atoms with E-state index in [0.717, 1.165) is 17.7 Å². The van der Waals surface area contributed by atoms with E-state index in [9.17, 15) is 4.39 Å². The molecule has 1 aromatic heterocycles. The Morgan fingerprint density at radius 2 is 2.29 bits per heavy atom. The number of halogens is 1. The summed E-state index contributed by atoms with van der Waals surface area (Å²) in [6.07, 6.45) is 4.56. The van der Waals surface area contributed by atoms with Crippen LogP contribution in [0.5, 0.6) is 0 Å². The number of benzene rings is 1. The van der Waals surface area contributed by atoms with E-state index in [0.29, 0.717) is 0 Å². The van der Waals surface area contributed by atoms with E-state index >= 15 is 0 Å². The molecule has 1 unspecified atom stereocenters. The summed E-state index contributed by atoms with van der Waals surface area (Å²) >= 11 is 0. The number of rotatable bonds is 4. The molecule has 17 heavy (non-hydrogen) atoms. The molecule has 0 saturated heterocycles. The zero-order valence-electron chi connectivity index (χ0n) is 10.0. The maximum absolute atomic E-state index is 13.2. The Morgan fingerprint density at radius 1 is 1.47 bits per heavy atom. The van der Waals surface area contributed by atoms with Crippen LogP contribution < -0.4 is 5.32 Å². The van der Waals surface area contributed by atoms with Gasteiger partial charge in [0.1, 0.15) is 5.82 Å². The molecule has 1 aromatic carbocycles. The van der Waals surface area contributed by atoms with Crippen molar-refractivity contribution in [3.63, 3.8) is 0 Å². The first-order chi connectivity index (χ1) is 8.19. The van der Waals surface area contributed by atoms with Gasteiger partial charge in [-0.15, -0.1) is 0 Å². The van der Waals surface area contributed by atoms with Crippen molar-refractivity contribution in [2.45, 2.75) is 19.4 Å². The van der Waals surface area contributed by atoms with Crippen molar-refractivity contribution in [1.82, 2.24) is 9.78 Å². The molecular weight excluding hydrogens is 217 g/mol. The van der Waals surface area contributed by atoms with Gasteiger partial charge in [-0.1, -0.05) is 19.1 Å². The van der Waals surface area contributed by atoms with E-state index in [2.05, 4.69) is 17.3 Å². The van der Waals surface area contributed by atoms with Crippen LogP contribution in [0.1, 0.15) is 24.9 Å². The number of aromatic nitrogens is 2. The molecule has 2 aromatic rings. The molecule has 0 aliphatic heterocycles. The van der Waals surface area contributed by atoms with Crippen LogP contribution in [0, 0.1) is 5.82 Å². The fraction of sp³-hybridized carbons (Fsp3) is 0.308. The van der Waals surface area contributed by atoms with E-state index in [1.807, 2.05) is 19.3 Å². The van der Waals surface area contributed by atoms with Gasteiger partial charge in [0.05, 0.1) is 17.9 Å². The average Bonchev–Trinajstić information content (AvgIpc) is 2.72. The van der Waals surface area contributed by atoms with Gasteiger partial charge in [0, 0.05) is 13.2 Å². The molecule has 1 N–H and O–H groups in total. The second kappa shape index (κ2) is 4.99. The van der Waals surface area contributed by atoms with Crippen molar-refractivity contribution in [3.8, 4) is 0 Å². The summed E-state index contributed by atoms with van der Waals surface area (Å²) in [6.45, 7) is 2.07. The monoisotopic (exact) mass is 233 g/mol.